The third-order valence-corrected chi connectivity index (χ3v) is 3.40. The lowest BCUT2D eigenvalue weighted by Gasteiger charge is -2.22. The normalized spacial score (nSPS) is 12.0. The smallest absolute Gasteiger partial charge is 0.307 e. The first-order chi connectivity index (χ1) is 12.0. The maximum absolute atomic E-state index is 12.4. The van der Waals surface area contributed by atoms with Crippen LogP contribution in [-0.4, -0.2) is 54.8 Å². The molecule has 1 amide bonds. The van der Waals surface area contributed by atoms with Crippen molar-refractivity contribution in [2.75, 3.05) is 26.8 Å². The monoisotopic (exact) mass is 349 g/mol. The molecule has 6 nitrogen and oxygen atoms in total. The maximum atomic E-state index is 12.4. The number of carbonyl (C=O) groups excluding carboxylic acids is 2. The summed E-state index contributed by atoms with van der Waals surface area (Å²) in [5.41, 5.74) is 0.800. The highest BCUT2D eigenvalue weighted by molar-refractivity contribution is 5.92. The molecule has 0 fully saturated rings. The molecule has 0 aromatic heterocycles. The first-order valence-electron chi connectivity index (χ1n) is 8.41. The van der Waals surface area contributed by atoms with Gasteiger partial charge in [-0.2, -0.15) is 0 Å². The molecule has 0 saturated carbocycles. The quantitative estimate of drug-likeness (QED) is 0.518. The Labute approximate surface area is 149 Å². The number of methoxy groups -OCH3 is 1. The van der Waals surface area contributed by atoms with Crippen molar-refractivity contribution >= 4 is 18.0 Å². The molecule has 0 spiro atoms. The number of aliphatic hydroxyl groups excluding tert-OH is 1. The van der Waals surface area contributed by atoms with Crippen LogP contribution >= 0.6 is 0 Å². The molecule has 1 aromatic carbocycles. The summed E-state index contributed by atoms with van der Waals surface area (Å²) in [6.07, 6.45) is 3.40. The van der Waals surface area contributed by atoms with Crippen molar-refractivity contribution in [3.63, 3.8) is 0 Å². The van der Waals surface area contributed by atoms with Crippen molar-refractivity contribution in [2.24, 2.45) is 0 Å². The zero-order chi connectivity index (χ0) is 18.7. The largest absolute Gasteiger partial charge is 0.493 e. The minimum atomic E-state index is -0.685. The van der Waals surface area contributed by atoms with Gasteiger partial charge in [0.25, 0.3) is 0 Å². The molecule has 25 heavy (non-hydrogen) atoms. The third-order valence-electron chi connectivity index (χ3n) is 3.40. The number of carbonyl (C=O) groups is 2. The first kappa shape index (κ1) is 20.7. The van der Waals surface area contributed by atoms with Crippen LogP contribution in [0.4, 0.5) is 0 Å². The second-order valence-corrected chi connectivity index (χ2v) is 5.68. The number of para-hydroxylation sites is 1. The Kier molecular flexibility index (Phi) is 9.32. The highest BCUT2D eigenvalue weighted by Gasteiger charge is 2.15. The number of rotatable bonds is 10. The van der Waals surface area contributed by atoms with Crippen molar-refractivity contribution in [3.8, 4) is 5.75 Å². The standard InChI is InChI=1S/C19H27NO5/c1-4-13-25-17-8-6-5-7-16(17)9-10-18(22)20(14-15(2)21)12-11-19(23)24-3/h5-10,15,21H,4,11-14H2,1-3H3/b10-9+. The molecule has 0 aliphatic carbocycles. The molecule has 1 N–H and O–H groups in total. The number of amides is 1. The number of benzene rings is 1. The first-order valence-corrected chi connectivity index (χ1v) is 8.41. The van der Waals surface area contributed by atoms with Gasteiger partial charge in [0.05, 0.1) is 26.2 Å². The van der Waals surface area contributed by atoms with Crippen molar-refractivity contribution < 1.29 is 24.2 Å². The van der Waals surface area contributed by atoms with Crippen molar-refractivity contribution in [3.05, 3.63) is 35.9 Å². The molecule has 0 aliphatic rings. The van der Waals surface area contributed by atoms with E-state index < -0.39 is 12.1 Å². The Morgan fingerprint density at radius 3 is 2.68 bits per heavy atom. The van der Waals surface area contributed by atoms with Gasteiger partial charge in [-0.05, 0) is 25.5 Å². The Morgan fingerprint density at radius 2 is 2.04 bits per heavy atom. The van der Waals surface area contributed by atoms with Gasteiger partial charge in [-0.25, -0.2) is 0 Å². The van der Waals surface area contributed by atoms with E-state index in [1.54, 1.807) is 13.0 Å². The Bertz CT molecular complexity index is 583. The molecule has 0 saturated heterocycles. The average Bonchev–Trinajstić information content (AvgIpc) is 2.61. The van der Waals surface area contributed by atoms with Gasteiger partial charge in [0.1, 0.15) is 5.75 Å². The summed E-state index contributed by atoms with van der Waals surface area (Å²) in [6, 6.07) is 7.46. The van der Waals surface area contributed by atoms with Crippen LogP contribution in [0.25, 0.3) is 6.08 Å². The third kappa shape index (κ3) is 7.85. The van der Waals surface area contributed by atoms with Crippen LogP contribution in [0.1, 0.15) is 32.3 Å². The number of hydrogen-bond donors (Lipinski definition) is 1. The fourth-order valence-electron chi connectivity index (χ4n) is 2.17. The van der Waals surface area contributed by atoms with Gasteiger partial charge < -0.3 is 19.5 Å². The summed E-state index contributed by atoms with van der Waals surface area (Å²) in [6.45, 7) is 4.56. The zero-order valence-corrected chi connectivity index (χ0v) is 15.1. The molecule has 1 atom stereocenters. The van der Waals surface area contributed by atoms with E-state index in [1.165, 1.54) is 18.1 Å². The lowest BCUT2D eigenvalue weighted by atomic mass is 10.2. The minimum absolute atomic E-state index is 0.0823. The number of nitrogens with zero attached hydrogens (tertiary/aromatic N) is 1. The number of ether oxygens (including phenoxy) is 2. The Morgan fingerprint density at radius 1 is 1.32 bits per heavy atom. The van der Waals surface area contributed by atoms with Crippen molar-refractivity contribution in [1.82, 2.24) is 4.90 Å². The molecule has 138 valence electrons. The lowest BCUT2D eigenvalue weighted by Crippen LogP contribution is -2.37. The Balaban J connectivity index is 2.80. The van der Waals surface area contributed by atoms with E-state index in [2.05, 4.69) is 4.74 Å². The topological polar surface area (TPSA) is 76.1 Å². The SMILES string of the molecule is CCCOc1ccccc1/C=C/C(=O)N(CCC(=O)OC)CC(C)O. The minimum Gasteiger partial charge on any atom is -0.493 e. The van der Waals surface area contributed by atoms with Gasteiger partial charge in [-0.15, -0.1) is 0 Å². The van der Waals surface area contributed by atoms with Crippen LogP contribution in [0.15, 0.2) is 30.3 Å². The summed E-state index contributed by atoms with van der Waals surface area (Å²) in [7, 11) is 1.30. The molecular formula is C19H27NO5. The lowest BCUT2D eigenvalue weighted by molar-refractivity contribution is -0.141. The van der Waals surface area contributed by atoms with Crippen LogP contribution in [0, 0.1) is 0 Å². The molecule has 1 aromatic rings. The van der Waals surface area contributed by atoms with Gasteiger partial charge in [-0.1, -0.05) is 25.1 Å². The van der Waals surface area contributed by atoms with E-state index >= 15 is 0 Å². The van der Waals surface area contributed by atoms with Crippen molar-refractivity contribution in [2.45, 2.75) is 32.8 Å². The van der Waals surface area contributed by atoms with E-state index in [0.717, 1.165) is 12.0 Å². The summed E-state index contributed by atoms with van der Waals surface area (Å²) >= 11 is 0. The van der Waals surface area contributed by atoms with Crippen LogP contribution in [0.2, 0.25) is 0 Å². The second kappa shape index (κ2) is 11.3. The number of aliphatic hydroxyl groups is 1. The van der Waals surface area contributed by atoms with Crippen LogP contribution in [0.5, 0.6) is 5.75 Å². The number of hydrogen-bond acceptors (Lipinski definition) is 5. The average molecular weight is 349 g/mol. The van der Waals surface area contributed by atoms with Gasteiger partial charge in [0, 0.05) is 24.7 Å². The van der Waals surface area contributed by atoms with Crippen LogP contribution in [0.3, 0.4) is 0 Å². The van der Waals surface area contributed by atoms with E-state index in [9.17, 15) is 14.7 Å². The van der Waals surface area contributed by atoms with Crippen LogP contribution < -0.4 is 4.74 Å². The zero-order valence-electron chi connectivity index (χ0n) is 15.1. The van der Waals surface area contributed by atoms with Gasteiger partial charge in [0.15, 0.2) is 0 Å². The molecule has 0 aliphatic heterocycles. The highest BCUT2D eigenvalue weighted by Crippen LogP contribution is 2.19. The fourth-order valence-corrected chi connectivity index (χ4v) is 2.17. The van der Waals surface area contributed by atoms with E-state index in [1.807, 2.05) is 31.2 Å². The van der Waals surface area contributed by atoms with Crippen molar-refractivity contribution in [1.29, 1.82) is 0 Å². The highest BCUT2D eigenvalue weighted by atomic mass is 16.5. The molecule has 1 rings (SSSR count). The van der Waals surface area contributed by atoms with E-state index in [0.29, 0.717) is 12.4 Å². The second-order valence-electron chi connectivity index (χ2n) is 5.68. The summed E-state index contributed by atoms with van der Waals surface area (Å²) in [4.78, 5) is 25.1. The molecule has 0 heterocycles. The maximum Gasteiger partial charge on any atom is 0.307 e. The fraction of sp³-hybridized carbons (Fsp3) is 0.474. The molecular weight excluding hydrogens is 322 g/mol. The van der Waals surface area contributed by atoms with E-state index in [4.69, 9.17) is 4.74 Å². The van der Waals surface area contributed by atoms with Gasteiger partial charge >= 0.3 is 5.97 Å². The molecule has 6 heteroatoms. The molecule has 0 bridgehead atoms. The van der Waals surface area contributed by atoms with Gasteiger partial charge in [-0.3, -0.25) is 9.59 Å². The van der Waals surface area contributed by atoms with Crippen LogP contribution in [-0.2, 0) is 14.3 Å². The van der Waals surface area contributed by atoms with E-state index in [-0.39, 0.29) is 25.4 Å². The number of esters is 1. The summed E-state index contributed by atoms with van der Waals surface area (Å²) < 4.78 is 10.3. The predicted molar refractivity (Wildman–Crippen MR) is 96.2 cm³/mol. The molecule has 1 unspecified atom stereocenters. The summed E-state index contributed by atoms with van der Waals surface area (Å²) in [5, 5.41) is 9.57. The Hall–Kier alpha value is -2.34. The predicted octanol–water partition coefficient (Wildman–Crippen LogP) is 2.26. The summed E-state index contributed by atoms with van der Waals surface area (Å²) in [5.74, 6) is 0.0332. The van der Waals surface area contributed by atoms with Gasteiger partial charge in [0.2, 0.25) is 5.91 Å². The molecule has 0 radical (unpaired) electrons.